The van der Waals surface area contributed by atoms with E-state index in [-0.39, 0.29) is 11.5 Å². The van der Waals surface area contributed by atoms with Gasteiger partial charge in [-0.2, -0.15) is 0 Å². The van der Waals surface area contributed by atoms with E-state index in [2.05, 4.69) is 20.6 Å². The van der Waals surface area contributed by atoms with Crippen molar-refractivity contribution in [3.05, 3.63) is 84.0 Å². The number of nitrogens with zero attached hydrogens (tertiary/aromatic N) is 1. The lowest BCUT2D eigenvalue weighted by molar-refractivity contribution is -0.117. The summed E-state index contributed by atoms with van der Waals surface area (Å²) in [5.41, 5.74) is 1.70. The van der Waals surface area contributed by atoms with Crippen LogP contribution in [-0.2, 0) is 11.3 Å². The summed E-state index contributed by atoms with van der Waals surface area (Å²) in [6, 6.07) is 10.3. The van der Waals surface area contributed by atoms with E-state index in [0.717, 1.165) is 5.56 Å². The quantitative estimate of drug-likeness (QED) is 0.600. The van der Waals surface area contributed by atoms with Crippen LogP contribution in [0.5, 0.6) is 0 Å². The van der Waals surface area contributed by atoms with Crippen LogP contribution in [0.25, 0.3) is 6.08 Å². The summed E-state index contributed by atoms with van der Waals surface area (Å²) >= 11 is 0. The molecule has 3 aromatic rings. The lowest BCUT2D eigenvalue weighted by Crippen LogP contribution is -2.34. The number of amides is 2. The monoisotopic (exact) mass is 336 g/mol. The molecule has 25 heavy (non-hydrogen) atoms. The van der Waals surface area contributed by atoms with Gasteiger partial charge in [0.05, 0.1) is 6.26 Å². The third-order valence-corrected chi connectivity index (χ3v) is 3.36. The van der Waals surface area contributed by atoms with Crippen molar-refractivity contribution in [3.63, 3.8) is 0 Å². The van der Waals surface area contributed by atoms with Crippen molar-refractivity contribution in [2.24, 2.45) is 0 Å². The first kappa shape index (κ1) is 16.3. The molecule has 0 radical (unpaired) electrons. The van der Waals surface area contributed by atoms with Gasteiger partial charge in [0.25, 0.3) is 11.8 Å². The summed E-state index contributed by atoms with van der Waals surface area (Å²) in [6.45, 7) is 0.319. The second-order valence-corrected chi connectivity index (χ2v) is 5.15. The molecule has 0 saturated carbocycles. The van der Waals surface area contributed by atoms with Gasteiger partial charge in [0.2, 0.25) is 0 Å². The highest BCUT2D eigenvalue weighted by molar-refractivity contribution is 6.04. The molecular weight excluding hydrogens is 320 g/mol. The summed E-state index contributed by atoms with van der Waals surface area (Å²) in [5, 5.41) is 5.35. The third kappa shape index (κ3) is 4.44. The Labute approximate surface area is 143 Å². The minimum atomic E-state index is -0.498. The van der Waals surface area contributed by atoms with Crippen LogP contribution in [-0.4, -0.2) is 21.8 Å². The summed E-state index contributed by atoms with van der Waals surface area (Å²) in [7, 11) is 0. The van der Waals surface area contributed by atoms with Crippen molar-refractivity contribution in [2.75, 3.05) is 0 Å². The fraction of sp³-hybridized carbons (Fsp3) is 0.0556. The molecule has 3 N–H and O–H groups in total. The van der Waals surface area contributed by atoms with Gasteiger partial charge in [-0.25, -0.2) is 0 Å². The topological polar surface area (TPSA) is 100 Å². The predicted octanol–water partition coefficient (Wildman–Crippen LogP) is 2.09. The molecule has 7 heteroatoms. The molecule has 126 valence electrons. The number of furan rings is 1. The molecule has 0 atom stereocenters. The van der Waals surface area contributed by atoms with Gasteiger partial charge in [-0.1, -0.05) is 0 Å². The van der Waals surface area contributed by atoms with Crippen LogP contribution in [0.1, 0.15) is 21.8 Å². The first-order valence-electron chi connectivity index (χ1n) is 7.59. The number of H-pyrrole nitrogens is 1. The minimum Gasteiger partial charge on any atom is -0.459 e. The van der Waals surface area contributed by atoms with E-state index in [9.17, 15) is 9.59 Å². The Kier molecular flexibility index (Phi) is 5.06. The van der Waals surface area contributed by atoms with Crippen LogP contribution >= 0.6 is 0 Å². The highest BCUT2D eigenvalue weighted by Crippen LogP contribution is 2.06. The number of aromatic amines is 1. The molecule has 0 spiro atoms. The zero-order chi connectivity index (χ0) is 17.5. The van der Waals surface area contributed by atoms with E-state index < -0.39 is 11.8 Å². The van der Waals surface area contributed by atoms with Gasteiger partial charge >= 0.3 is 0 Å². The van der Waals surface area contributed by atoms with Crippen LogP contribution in [0.3, 0.4) is 0 Å². The van der Waals surface area contributed by atoms with Crippen LogP contribution in [0.15, 0.2) is 71.4 Å². The van der Waals surface area contributed by atoms with Crippen molar-refractivity contribution in [1.82, 2.24) is 20.6 Å². The van der Waals surface area contributed by atoms with Gasteiger partial charge in [-0.15, -0.1) is 0 Å². The van der Waals surface area contributed by atoms with E-state index in [0.29, 0.717) is 12.2 Å². The second-order valence-electron chi connectivity index (χ2n) is 5.15. The smallest absolute Gasteiger partial charge is 0.291 e. The summed E-state index contributed by atoms with van der Waals surface area (Å²) in [4.78, 5) is 31.6. The number of nitrogens with one attached hydrogen (secondary N) is 3. The Morgan fingerprint density at radius 3 is 2.68 bits per heavy atom. The Bertz CT molecular complexity index is 853. The molecule has 0 aliphatic carbocycles. The van der Waals surface area contributed by atoms with Crippen LogP contribution in [0, 0.1) is 0 Å². The van der Waals surface area contributed by atoms with E-state index in [4.69, 9.17) is 4.42 Å². The van der Waals surface area contributed by atoms with Gasteiger partial charge in [-0.05, 0) is 48.0 Å². The fourth-order valence-electron chi connectivity index (χ4n) is 2.12. The molecule has 0 aliphatic rings. The maximum absolute atomic E-state index is 12.5. The molecular formula is C18H16N4O3. The standard InChI is InChI=1S/C18H16N4O3/c23-17(21-12-13-5-8-19-9-6-13)15(11-14-3-1-7-20-14)22-18(24)16-4-2-10-25-16/h1-11,20H,12H2,(H,21,23)(H,22,24). The maximum atomic E-state index is 12.5. The molecule has 7 nitrogen and oxygen atoms in total. The molecule has 0 unspecified atom stereocenters. The zero-order valence-electron chi connectivity index (χ0n) is 13.2. The Hall–Kier alpha value is -3.61. The number of hydrogen-bond acceptors (Lipinski definition) is 4. The number of carbonyl (C=O) groups is 2. The Balaban J connectivity index is 1.73. The average molecular weight is 336 g/mol. The summed E-state index contributed by atoms with van der Waals surface area (Å²) in [5.74, 6) is -0.785. The van der Waals surface area contributed by atoms with Gasteiger partial charge in [0.15, 0.2) is 5.76 Å². The largest absolute Gasteiger partial charge is 0.459 e. The molecule has 0 bridgehead atoms. The molecule has 3 heterocycles. The SMILES string of the molecule is O=C(NCc1ccncc1)C(=Cc1ccc[nH]1)NC(=O)c1ccco1. The molecule has 3 rings (SSSR count). The normalized spacial score (nSPS) is 11.1. The van der Waals surface area contributed by atoms with Crippen LogP contribution in [0.2, 0.25) is 0 Å². The van der Waals surface area contributed by atoms with E-state index >= 15 is 0 Å². The highest BCUT2D eigenvalue weighted by Gasteiger charge is 2.16. The number of hydrogen-bond donors (Lipinski definition) is 3. The number of aromatic nitrogens is 2. The lowest BCUT2D eigenvalue weighted by Gasteiger charge is -2.10. The Morgan fingerprint density at radius 1 is 1.16 bits per heavy atom. The van der Waals surface area contributed by atoms with E-state index in [1.165, 1.54) is 12.3 Å². The fourth-order valence-corrected chi connectivity index (χ4v) is 2.12. The first-order chi connectivity index (χ1) is 12.2. The summed E-state index contributed by atoms with van der Waals surface area (Å²) < 4.78 is 5.05. The van der Waals surface area contributed by atoms with Gasteiger partial charge in [-0.3, -0.25) is 14.6 Å². The van der Waals surface area contributed by atoms with Crippen molar-refractivity contribution in [2.45, 2.75) is 6.54 Å². The van der Waals surface area contributed by atoms with Crippen LogP contribution in [0.4, 0.5) is 0 Å². The second kappa shape index (κ2) is 7.78. The molecule has 0 aliphatic heterocycles. The summed E-state index contributed by atoms with van der Waals surface area (Å²) in [6.07, 6.45) is 7.98. The van der Waals surface area contributed by atoms with Gasteiger partial charge in [0, 0.05) is 30.8 Å². The predicted molar refractivity (Wildman–Crippen MR) is 91.0 cm³/mol. The third-order valence-electron chi connectivity index (χ3n) is 3.36. The molecule has 0 aromatic carbocycles. The Morgan fingerprint density at radius 2 is 2.00 bits per heavy atom. The minimum absolute atomic E-state index is 0.109. The highest BCUT2D eigenvalue weighted by atomic mass is 16.3. The van der Waals surface area contributed by atoms with Crippen molar-refractivity contribution >= 4 is 17.9 Å². The van der Waals surface area contributed by atoms with E-state index in [1.54, 1.807) is 55.0 Å². The number of rotatable bonds is 6. The van der Waals surface area contributed by atoms with Gasteiger partial charge in [0.1, 0.15) is 5.70 Å². The van der Waals surface area contributed by atoms with Crippen molar-refractivity contribution in [1.29, 1.82) is 0 Å². The zero-order valence-corrected chi connectivity index (χ0v) is 13.2. The van der Waals surface area contributed by atoms with Gasteiger partial charge < -0.3 is 20.0 Å². The van der Waals surface area contributed by atoms with Crippen molar-refractivity contribution < 1.29 is 14.0 Å². The average Bonchev–Trinajstić information content (AvgIpc) is 3.33. The number of pyridine rings is 1. The maximum Gasteiger partial charge on any atom is 0.291 e. The van der Waals surface area contributed by atoms with E-state index in [1.807, 2.05) is 0 Å². The van der Waals surface area contributed by atoms with Crippen LogP contribution < -0.4 is 10.6 Å². The molecule has 2 amide bonds. The molecule has 0 fully saturated rings. The molecule has 0 saturated heterocycles. The molecule has 3 aromatic heterocycles. The number of carbonyl (C=O) groups excluding carboxylic acids is 2. The lowest BCUT2D eigenvalue weighted by atomic mass is 10.2. The van der Waals surface area contributed by atoms with Crippen molar-refractivity contribution in [3.8, 4) is 0 Å². The first-order valence-corrected chi connectivity index (χ1v) is 7.59.